The van der Waals surface area contributed by atoms with Crippen LogP contribution in [0.5, 0.6) is 5.75 Å². The van der Waals surface area contributed by atoms with E-state index in [1.54, 1.807) is 7.11 Å². The highest BCUT2D eigenvalue weighted by molar-refractivity contribution is 5.51. The van der Waals surface area contributed by atoms with Gasteiger partial charge in [-0.25, -0.2) is 0 Å². The van der Waals surface area contributed by atoms with Crippen LogP contribution in [-0.4, -0.2) is 30.9 Å². The second-order valence-corrected chi connectivity index (χ2v) is 5.08. The average molecular weight is 233 g/mol. The maximum absolute atomic E-state index is 10.1. The molecule has 3 nitrogen and oxygen atoms in total. The molecule has 3 rings (SSSR count). The molecule has 0 aromatic heterocycles. The Balaban J connectivity index is 1.83. The van der Waals surface area contributed by atoms with E-state index < -0.39 is 0 Å². The summed E-state index contributed by atoms with van der Waals surface area (Å²) in [4.78, 5) is 2.36. The lowest BCUT2D eigenvalue weighted by Gasteiger charge is -2.28. The third-order valence-corrected chi connectivity index (χ3v) is 4.22. The minimum Gasteiger partial charge on any atom is -0.497 e. The number of ether oxygens (including phenoxy) is 1. The molecule has 0 spiro atoms. The zero-order valence-electron chi connectivity index (χ0n) is 10.2. The molecular weight excluding hydrogens is 214 g/mol. The number of fused-ring (bicyclic) bond motifs is 1. The highest BCUT2D eigenvalue weighted by Gasteiger charge is 2.43. The SMILES string of the molecule is COc1ccc(N2CC[C@@H]3CC[C@@H](O)[C@@H]32)cc1. The van der Waals surface area contributed by atoms with Crippen molar-refractivity contribution in [3.8, 4) is 5.75 Å². The minimum atomic E-state index is -0.149. The molecule has 17 heavy (non-hydrogen) atoms. The Bertz CT molecular complexity index is 390. The largest absolute Gasteiger partial charge is 0.497 e. The summed E-state index contributed by atoms with van der Waals surface area (Å²) in [5.74, 6) is 1.57. The second kappa shape index (κ2) is 4.22. The van der Waals surface area contributed by atoms with Gasteiger partial charge in [0, 0.05) is 12.2 Å². The van der Waals surface area contributed by atoms with Gasteiger partial charge in [0.1, 0.15) is 5.75 Å². The molecule has 0 radical (unpaired) electrons. The van der Waals surface area contributed by atoms with E-state index in [4.69, 9.17) is 4.74 Å². The topological polar surface area (TPSA) is 32.7 Å². The highest BCUT2D eigenvalue weighted by atomic mass is 16.5. The Labute approximate surface area is 102 Å². The quantitative estimate of drug-likeness (QED) is 0.848. The van der Waals surface area contributed by atoms with E-state index in [-0.39, 0.29) is 6.10 Å². The summed E-state index contributed by atoms with van der Waals surface area (Å²) in [5, 5.41) is 10.1. The maximum atomic E-state index is 10.1. The first-order valence-corrected chi connectivity index (χ1v) is 6.38. The molecule has 1 saturated carbocycles. The Morgan fingerprint density at radius 3 is 2.65 bits per heavy atom. The molecule has 0 bridgehead atoms. The van der Waals surface area contributed by atoms with Crippen LogP contribution in [0.2, 0.25) is 0 Å². The fraction of sp³-hybridized carbons (Fsp3) is 0.571. The van der Waals surface area contributed by atoms with Crippen molar-refractivity contribution in [3.05, 3.63) is 24.3 Å². The van der Waals surface area contributed by atoms with Crippen molar-refractivity contribution in [2.24, 2.45) is 5.92 Å². The number of benzene rings is 1. The van der Waals surface area contributed by atoms with Crippen LogP contribution < -0.4 is 9.64 Å². The number of aliphatic hydroxyl groups excluding tert-OH is 1. The molecule has 92 valence electrons. The number of aliphatic hydroxyl groups is 1. The van der Waals surface area contributed by atoms with Gasteiger partial charge in [0.2, 0.25) is 0 Å². The summed E-state index contributed by atoms with van der Waals surface area (Å²) in [7, 11) is 1.68. The van der Waals surface area contributed by atoms with E-state index in [0.717, 1.165) is 18.7 Å². The molecule has 0 amide bonds. The molecule has 1 saturated heterocycles. The van der Waals surface area contributed by atoms with Crippen molar-refractivity contribution in [1.29, 1.82) is 0 Å². The van der Waals surface area contributed by atoms with Gasteiger partial charge in [-0.2, -0.15) is 0 Å². The van der Waals surface area contributed by atoms with Gasteiger partial charge < -0.3 is 14.7 Å². The summed E-state index contributed by atoms with van der Waals surface area (Å²) in [6.45, 7) is 1.07. The lowest BCUT2D eigenvalue weighted by molar-refractivity contribution is 0.160. The van der Waals surface area contributed by atoms with E-state index in [1.807, 2.05) is 12.1 Å². The number of nitrogens with zero attached hydrogens (tertiary/aromatic N) is 1. The van der Waals surface area contributed by atoms with Crippen molar-refractivity contribution in [3.63, 3.8) is 0 Å². The maximum Gasteiger partial charge on any atom is 0.119 e. The lowest BCUT2D eigenvalue weighted by Crippen LogP contribution is -2.38. The van der Waals surface area contributed by atoms with Gasteiger partial charge in [-0.3, -0.25) is 0 Å². The summed E-state index contributed by atoms with van der Waals surface area (Å²) in [6.07, 6.45) is 3.21. The Kier molecular flexibility index (Phi) is 2.71. The number of methoxy groups -OCH3 is 1. The lowest BCUT2D eigenvalue weighted by atomic mass is 10.0. The van der Waals surface area contributed by atoms with Crippen molar-refractivity contribution < 1.29 is 9.84 Å². The van der Waals surface area contributed by atoms with E-state index >= 15 is 0 Å². The normalized spacial score (nSPS) is 31.6. The third-order valence-electron chi connectivity index (χ3n) is 4.22. The van der Waals surface area contributed by atoms with Gasteiger partial charge in [0.05, 0.1) is 19.3 Å². The Hall–Kier alpha value is -1.22. The summed E-state index contributed by atoms with van der Waals surface area (Å²) >= 11 is 0. The number of hydrogen-bond donors (Lipinski definition) is 1. The summed E-state index contributed by atoms with van der Waals surface area (Å²) in [5.41, 5.74) is 1.21. The molecule has 1 aliphatic carbocycles. The van der Waals surface area contributed by atoms with Gasteiger partial charge in [0.15, 0.2) is 0 Å². The molecule has 1 aromatic carbocycles. The average Bonchev–Trinajstić information content (AvgIpc) is 2.93. The Morgan fingerprint density at radius 1 is 1.18 bits per heavy atom. The summed E-state index contributed by atoms with van der Waals surface area (Å²) in [6, 6.07) is 8.50. The van der Waals surface area contributed by atoms with Gasteiger partial charge >= 0.3 is 0 Å². The second-order valence-electron chi connectivity index (χ2n) is 5.08. The highest BCUT2D eigenvalue weighted by Crippen LogP contribution is 2.40. The molecule has 1 heterocycles. The number of rotatable bonds is 2. The van der Waals surface area contributed by atoms with E-state index in [9.17, 15) is 5.11 Å². The Morgan fingerprint density at radius 2 is 1.94 bits per heavy atom. The van der Waals surface area contributed by atoms with Gasteiger partial charge in [-0.1, -0.05) is 0 Å². The van der Waals surface area contributed by atoms with Crippen LogP contribution in [-0.2, 0) is 0 Å². The molecule has 1 N–H and O–H groups in total. The van der Waals surface area contributed by atoms with Crippen LogP contribution in [0.15, 0.2) is 24.3 Å². The molecule has 3 heteroatoms. The zero-order valence-corrected chi connectivity index (χ0v) is 10.2. The third kappa shape index (κ3) is 1.78. The van der Waals surface area contributed by atoms with E-state index in [0.29, 0.717) is 12.0 Å². The van der Waals surface area contributed by atoms with Crippen LogP contribution in [0, 0.1) is 5.92 Å². The molecular formula is C14H19NO2. The zero-order chi connectivity index (χ0) is 11.8. The van der Waals surface area contributed by atoms with Crippen molar-refractivity contribution >= 4 is 5.69 Å². The van der Waals surface area contributed by atoms with Gasteiger partial charge in [-0.05, 0) is 49.4 Å². The predicted octanol–water partition coefficient (Wildman–Crippen LogP) is 2.04. The molecule has 2 aliphatic rings. The molecule has 1 aromatic rings. The molecule has 1 aliphatic heterocycles. The van der Waals surface area contributed by atoms with Crippen LogP contribution in [0.4, 0.5) is 5.69 Å². The van der Waals surface area contributed by atoms with E-state index in [2.05, 4.69) is 17.0 Å². The molecule has 2 fully saturated rings. The van der Waals surface area contributed by atoms with E-state index in [1.165, 1.54) is 18.5 Å². The van der Waals surface area contributed by atoms with Crippen molar-refractivity contribution in [1.82, 2.24) is 0 Å². The first-order valence-electron chi connectivity index (χ1n) is 6.38. The van der Waals surface area contributed by atoms with Crippen molar-refractivity contribution in [2.45, 2.75) is 31.4 Å². The van der Waals surface area contributed by atoms with Gasteiger partial charge in [-0.15, -0.1) is 0 Å². The molecule has 0 unspecified atom stereocenters. The monoisotopic (exact) mass is 233 g/mol. The van der Waals surface area contributed by atoms with Crippen LogP contribution in [0.25, 0.3) is 0 Å². The van der Waals surface area contributed by atoms with Crippen LogP contribution >= 0.6 is 0 Å². The first kappa shape index (κ1) is 10.9. The fourth-order valence-electron chi connectivity index (χ4n) is 3.35. The van der Waals surface area contributed by atoms with Crippen molar-refractivity contribution in [2.75, 3.05) is 18.6 Å². The minimum absolute atomic E-state index is 0.149. The first-order chi connectivity index (χ1) is 8.29. The molecule has 3 atom stereocenters. The van der Waals surface area contributed by atoms with Crippen LogP contribution in [0.1, 0.15) is 19.3 Å². The fourth-order valence-corrected chi connectivity index (χ4v) is 3.35. The predicted molar refractivity (Wildman–Crippen MR) is 67.5 cm³/mol. The van der Waals surface area contributed by atoms with Crippen LogP contribution in [0.3, 0.4) is 0 Å². The smallest absolute Gasteiger partial charge is 0.119 e. The standard InChI is InChI=1S/C14H19NO2/c1-17-12-5-3-11(4-6-12)15-9-8-10-2-7-13(16)14(10)15/h3-6,10,13-14,16H,2,7-9H2,1H3/t10-,13+,14+/m0/s1. The number of hydrogen-bond acceptors (Lipinski definition) is 3. The number of anilines is 1. The van der Waals surface area contributed by atoms with Gasteiger partial charge in [0.25, 0.3) is 0 Å². The summed E-state index contributed by atoms with van der Waals surface area (Å²) < 4.78 is 5.17.